The van der Waals surface area contributed by atoms with Gasteiger partial charge in [0.2, 0.25) is 5.91 Å². The Kier molecular flexibility index (Phi) is 8.37. The molecule has 0 aliphatic carbocycles. The Morgan fingerprint density at radius 2 is 1.81 bits per heavy atom. The topological polar surface area (TPSA) is 58.2 Å². The standard InChI is InChI=1S/C22H19Cl2F3N2O2/c1-13(2)19(29-20(30)17-9-8-16(23)12-18(17)24)21(31)28-10-4-6-14-5-3-7-15(11-14)22(25,26)27/h3,5,7-9,11-13,19H,10H2,1-2H3,(H,28,31)(H,29,30). The maximum atomic E-state index is 12.7. The van der Waals surface area contributed by atoms with E-state index in [9.17, 15) is 22.8 Å². The lowest BCUT2D eigenvalue weighted by molar-refractivity contribution is -0.137. The van der Waals surface area contributed by atoms with Crippen molar-refractivity contribution in [2.45, 2.75) is 26.1 Å². The van der Waals surface area contributed by atoms with Crippen LogP contribution in [0.3, 0.4) is 0 Å². The quantitative estimate of drug-likeness (QED) is 0.608. The van der Waals surface area contributed by atoms with Gasteiger partial charge < -0.3 is 10.6 Å². The monoisotopic (exact) mass is 470 g/mol. The lowest BCUT2D eigenvalue weighted by Gasteiger charge is -2.21. The minimum absolute atomic E-state index is 0.101. The zero-order valence-corrected chi connectivity index (χ0v) is 18.1. The second-order valence-electron chi connectivity index (χ2n) is 6.92. The molecule has 0 fully saturated rings. The molecule has 2 aromatic rings. The lowest BCUT2D eigenvalue weighted by atomic mass is 10.0. The Hall–Kier alpha value is -2.69. The highest BCUT2D eigenvalue weighted by Gasteiger charge is 2.30. The van der Waals surface area contributed by atoms with Crippen LogP contribution < -0.4 is 10.6 Å². The van der Waals surface area contributed by atoms with Crippen LogP contribution >= 0.6 is 23.2 Å². The van der Waals surface area contributed by atoms with Gasteiger partial charge in [0.25, 0.3) is 5.91 Å². The molecule has 31 heavy (non-hydrogen) atoms. The van der Waals surface area contributed by atoms with Gasteiger partial charge in [-0.2, -0.15) is 13.2 Å². The highest BCUT2D eigenvalue weighted by Crippen LogP contribution is 2.29. The van der Waals surface area contributed by atoms with Crippen molar-refractivity contribution in [1.82, 2.24) is 10.6 Å². The number of carbonyl (C=O) groups excluding carboxylic acids is 2. The van der Waals surface area contributed by atoms with Crippen LogP contribution in [0.1, 0.15) is 35.3 Å². The Balaban J connectivity index is 2.01. The number of alkyl halides is 3. The van der Waals surface area contributed by atoms with E-state index in [1.54, 1.807) is 13.8 Å². The molecule has 2 N–H and O–H groups in total. The molecule has 0 heterocycles. The van der Waals surface area contributed by atoms with Gasteiger partial charge in [0, 0.05) is 10.6 Å². The van der Waals surface area contributed by atoms with Gasteiger partial charge >= 0.3 is 6.18 Å². The number of carbonyl (C=O) groups is 2. The van der Waals surface area contributed by atoms with E-state index < -0.39 is 29.6 Å². The second-order valence-corrected chi connectivity index (χ2v) is 7.76. The molecule has 0 aliphatic heterocycles. The Morgan fingerprint density at radius 3 is 2.42 bits per heavy atom. The van der Waals surface area contributed by atoms with E-state index in [1.165, 1.54) is 30.3 Å². The molecule has 0 aliphatic rings. The van der Waals surface area contributed by atoms with Gasteiger partial charge in [0.1, 0.15) is 6.04 Å². The number of nitrogens with one attached hydrogen (secondary N) is 2. The van der Waals surface area contributed by atoms with Gasteiger partial charge in [-0.3, -0.25) is 9.59 Å². The smallest absolute Gasteiger partial charge is 0.343 e. The van der Waals surface area contributed by atoms with Crippen molar-refractivity contribution in [3.63, 3.8) is 0 Å². The molecule has 0 aromatic heterocycles. The third kappa shape index (κ3) is 7.20. The van der Waals surface area contributed by atoms with Crippen molar-refractivity contribution in [1.29, 1.82) is 0 Å². The van der Waals surface area contributed by atoms with Crippen LogP contribution in [0, 0.1) is 17.8 Å². The summed E-state index contributed by atoms with van der Waals surface area (Å²) in [6.45, 7) is 3.40. The molecular weight excluding hydrogens is 452 g/mol. The SMILES string of the molecule is CC(C)C(NC(=O)c1ccc(Cl)cc1Cl)C(=O)NCC#Cc1cccc(C(F)(F)F)c1. The number of rotatable bonds is 5. The Morgan fingerprint density at radius 1 is 1.10 bits per heavy atom. The van der Waals surface area contributed by atoms with Gasteiger partial charge in [0.15, 0.2) is 0 Å². The number of amides is 2. The summed E-state index contributed by atoms with van der Waals surface area (Å²) in [5, 5.41) is 5.71. The van der Waals surface area contributed by atoms with Crippen molar-refractivity contribution < 1.29 is 22.8 Å². The van der Waals surface area contributed by atoms with E-state index in [1.807, 2.05) is 0 Å². The minimum atomic E-state index is -4.46. The van der Waals surface area contributed by atoms with Crippen LogP contribution in [0.15, 0.2) is 42.5 Å². The summed E-state index contributed by atoms with van der Waals surface area (Å²) < 4.78 is 38.2. The highest BCUT2D eigenvalue weighted by atomic mass is 35.5. The number of hydrogen-bond acceptors (Lipinski definition) is 2. The molecule has 4 nitrogen and oxygen atoms in total. The molecule has 0 saturated heterocycles. The van der Waals surface area contributed by atoms with Crippen molar-refractivity contribution in [2.24, 2.45) is 5.92 Å². The van der Waals surface area contributed by atoms with E-state index in [0.29, 0.717) is 5.02 Å². The average molecular weight is 471 g/mol. The summed E-state index contributed by atoms with van der Waals surface area (Å²) in [6, 6.07) is 8.11. The minimum Gasteiger partial charge on any atom is -0.343 e. The van der Waals surface area contributed by atoms with E-state index in [4.69, 9.17) is 23.2 Å². The van der Waals surface area contributed by atoms with Crippen LogP contribution in [-0.4, -0.2) is 24.4 Å². The van der Waals surface area contributed by atoms with E-state index in [-0.39, 0.29) is 28.6 Å². The second kappa shape index (κ2) is 10.6. The maximum absolute atomic E-state index is 12.7. The fourth-order valence-electron chi connectivity index (χ4n) is 2.59. The molecular formula is C22H19Cl2F3N2O2. The first-order valence-corrected chi connectivity index (χ1v) is 9.94. The van der Waals surface area contributed by atoms with E-state index in [0.717, 1.165) is 12.1 Å². The van der Waals surface area contributed by atoms with Gasteiger partial charge in [-0.25, -0.2) is 0 Å². The predicted octanol–water partition coefficient (Wildman–Crippen LogP) is 4.93. The molecule has 164 valence electrons. The zero-order chi connectivity index (χ0) is 23.2. The average Bonchev–Trinajstić information content (AvgIpc) is 2.68. The van der Waals surface area contributed by atoms with Crippen LogP contribution in [0.5, 0.6) is 0 Å². The summed E-state index contributed by atoms with van der Waals surface area (Å²) in [4.78, 5) is 25.0. The summed E-state index contributed by atoms with van der Waals surface area (Å²) in [6.07, 6.45) is -4.46. The number of benzene rings is 2. The first-order chi connectivity index (χ1) is 14.5. The molecule has 0 radical (unpaired) electrons. The molecule has 2 aromatic carbocycles. The number of hydrogen-bond donors (Lipinski definition) is 2. The van der Waals surface area contributed by atoms with E-state index >= 15 is 0 Å². The Bertz CT molecular complexity index is 1030. The van der Waals surface area contributed by atoms with Crippen molar-refractivity contribution >= 4 is 35.0 Å². The first kappa shape index (κ1) is 24.6. The van der Waals surface area contributed by atoms with E-state index in [2.05, 4.69) is 22.5 Å². The first-order valence-electron chi connectivity index (χ1n) is 9.19. The van der Waals surface area contributed by atoms with Crippen LogP contribution in [0.25, 0.3) is 0 Å². The van der Waals surface area contributed by atoms with Crippen molar-refractivity contribution in [3.05, 3.63) is 69.2 Å². The summed E-state index contributed by atoms with van der Waals surface area (Å²) >= 11 is 11.9. The molecule has 2 rings (SSSR count). The van der Waals surface area contributed by atoms with Crippen LogP contribution in [-0.2, 0) is 11.0 Å². The van der Waals surface area contributed by atoms with Crippen molar-refractivity contribution in [2.75, 3.05) is 6.54 Å². The predicted molar refractivity (Wildman–Crippen MR) is 114 cm³/mol. The fourth-order valence-corrected chi connectivity index (χ4v) is 3.08. The summed E-state index contributed by atoms with van der Waals surface area (Å²) in [5.74, 6) is 3.93. The summed E-state index contributed by atoms with van der Waals surface area (Å²) in [7, 11) is 0. The molecule has 0 spiro atoms. The Labute approximate surface area is 188 Å². The van der Waals surface area contributed by atoms with Gasteiger partial charge in [-0.15, -0.1) is 0 Å². The third-order valence-electron chi connectivity index (χ3n) is 4.19. The molecule has 0 saturated carbocycles. The van der Waals surface area contributed by atoms with Gasteiger partial charge in [0.05, 0.1) is 22.7 Å². The summed E-state index contributed by atoms with van der Waals surface area (Å²) in [5.41, 5.74) is -0.448. The highest BCUT2D eigenvalue weighted by molar-refractivity contribution is 6.36. The zero-order valence-electron chi connectivity index (χ0n) is 16.6. The molecule has 1 atom stereocenters. The van der Waals surface area contributed by atoms with Crippen LogP contribution in [0.2, 0.25) is 10.0 Å². The normalized spacial score (nSPS) is 12.0. The lowest BCUT2D eigenvalue weighted by Crippen LogP contribution is -2.49. The molecule has 9 heteroatoms. The van der Waals surface area contributed by atoms with Crippen molar-refractivity contribution in [3.8, 4) is 11.8 Å². The fraction of sp³-hybridized carbons (Fsp3) is 0.273. The van der Waals surface area contributed by atoms with Gasteiger partial charge in [-0.1, -0.05) is 55.0 Å². The third-order valence-corrected chi connectivity index (χ3v) is 4.73. The number of halogens is 5. The molecule has 0 bridgehead atoms. The van der Waals surface area contributed by atoms with Crippen LogP contribution in [0.4, 0.5) is 13.2 Å². The maximum Gasteiger partial charge on any atom is 0.416 e. The largest absolute Gasteiger partial charge is 0.416 e. The van der Waals surface area contributed by atoms with Gasteiger partial charge in [-0.05, 0) is 42.3 Å². The molecule has 1 unspecified atom stereocenters. The molecule has 2 amide bonds.